The Morgan fingerprint density at radius 3 is 2.60 bits per heavy atom. The summed E-state index contributed by atoms with van der Waals surface area (Å²) in [6, 6.07) is 14.5. The van der Waals surface area contributed by atoms with E-state index in [1.165, 1.54) is 28.0 Å². The molecule has 2 aromatic carbocycles. The van der Waals surface area contributed by atoms with Gasteiger partial charge in [-0.15, -0.1) is 5.10 Å². The van der Waals surface area contributed by atoms with Crippen LogP contribution in [0.2, 0.25) is 10.0 Å². The van der Waals surface area contributed by atoms with Gasteiger partial charge in [-0.25, -0.2) is 4.39 Å². The van der Waals surface area contributed by atoms with Gasteiger partial charge in [0.25, 0.3) is 5.56 Å². The van der Waals surface area contributed by atoms with Gasteiger partial charge in [0.2, 0.25) is 4.96 Å². The predicted molar refractivity (Wildman–Crippen MR) is 115 cm³/mol. The van der Waals surface area contributed by atoms with Gasteiger partial charge in [0.1, 0.15) is 21.9 Å². The molecule has 0 aliphatic heterocycles. The van der Waals surface area contributed by atoms with E-state index in [4.69, 9.17) is 27.6 Å². The number of nitrogens with zero attached hydrogens (tertiary/aromatic N) is 3. The molecule has 0 aliphatic rings. The number of fused-ring (bicyclic) bond motifs is 1. The molecule has 0 radical (unpaired) electrons. The SMILES string of the molecule is O=c1c(=Cc2ccc(-c3ccc(F)cc3)o2)sc2nc(-c3ccc(Cl)cc3Cl)nn12. The number of aromatic nitrogens is 3. The smallest absolute Gasteiger partial charge is 0.291 e. The highest BCUT2D eigenvalue weighted by molar-refractivity contribution is 7.15. The van der Waals surface area contributed by atoms with Gasteiger partial charge in [-0.1, -0.05) is 34.5 Å². The molecule has 0 bridgehead atoms. The molecule has 0 fully saturated rings. The van der Waals surface area contributed by atoms with Crippen molar-refractivity contribution in [1.29, 1.82) is 0 Å². The first-order valence-electron chi connectivity index (χ1n) is 8.70. The lowest BCUT2D eigenvalue weighted by Crippen LogP contribution is -2.23. The zero-order valence-corrected chi connectivity index (χ0v) is 17.3. The van der Waals surface area contributed by atoms with Crippen molar-refractivity contribution in [1.82, 2.24) is 14.6 Å². The summed E-state index contributed by atoms with van der Waals surface area (Å²) >= 11 is 13.3. The van der Waals surface area contributed by atoms with Crippen molar-refractivity contribution in [2.45, 2.75) is 0 Å². The molecule has 3 aromatic heterocycles. The van der Waals surface area contributed by atoms with E-state index in [1.54, 1.807) is 48.5 Å². The van der Waals surface area contributed by atoms with Crippen LogP contribution in [0.4, 0.5) is 4.39 Å². The normalized spacial score (nSPS) is 12.2. The quantitative estimate of drug-likeness (QED) is 0.379. The highest BCUT2D eigenvalue weighted by atomic mass is 35.5. The summed E-state index contributed by atoms with van der Waals surface area (Å²) in [6.07, 6.45) is 1.63. The van der Waals surface area contributed by atoms with Gasteiger partial charge in [0, 0.05) is 22.2 Å². The largest absolute Gasteiger partial charge is 0.457 e. The van der Waals surface area contributed by atoms with E-state index in [2.05, 4.69) is 10.1 Å². The molecule has 0 spiro atoms. The van der Waals surface area contributed by atoms with E-state index in [1.807, 2.05) is 0 Å². The Morgan fingerprint density at radius 1 is 1.07 bits per heavy atom. The first-order chi connectivity index (χ1) is 14.5. The van der Waals surface area contributed by atoms with Crippen molar-refractivity contribution in [3.63, 3.8) is 0 Å². The van der Waals surface area contributed by atoms with E-state index in [0.29, 0.717) is 42.4 Å². The van der Waals surface area contributed by atoms with Crippen LogP contribution in [-0.4, -0.2) is 14.6 Å². The second-order valence-electron chi connectivity index (χ2n) is 6.38. The van der Waals surface area contributed by atoms with Crippen LogP contribution in [0.3, 0.4) is 0 Å². The van der Waals surface area contributed by atoms with E-state index in [0.717, 1.165) is 5.56 Å². The molecule has 0 saturated heterocycles. The average Bonchev–Trinajstić information content (AvgIpc) is 3.41. The minimum Gasteiger partial charge on any atom is -0.457 e. The molecule has 148 valence electrons. The monoisotopic (exact) mass is 457 g/mol. The minimum atomic E-state index is -0.318. The Labute approximate surface area is 182 Å². The molecule has 0 atom stereocenters. The number of halogens is 3. The van der Waals surface area contributed by atoms with Crippen molar-refractivity contribution < 1.29 is 8.81 Å². The molecule has 5 rings (SSSR count). The lowest BCUT2D eigenvalue weighted by atomic mass is 10.2. The second-order valence-corrected chi connectivity index (χ2v) is 8.23. The highest BCUT2D eigenvalue weighted by Crippen LogP contribution is 2.28. The number of furan rings is 1. The molecule has 0 aliphatic carbocycles. The number of thiazole rings is 1. The minimum absolute atomic E-state index is 0.307. The zero-order valence-electron chi connectivity index (χ0n) is 15.0. The molecule has 0 unspecified atom stereocenters. The van der Waals surface area contributed by atoms with Crippen LogP contribution >= 0.6 is 34.5 Å². The third-order valence-corrected chi connectivity index (χ3v) is 5.89. The standard InChI is InChI=1S/C21H10Cl2FN3O2S/c22-12-3-7-15(16(23)9-12)19-25-21-27(26-19)20(28)18(30-21)10-14-6-8-17(29-14)11-1-4-13(24)5-2-11/h1-10H. The number of hydrogen-bond acceptors (Lipinski definition) is 5. The lowest BCUT2D eigenvalue weighted by Gasteiger charge is -1.98. The summed E-state index contributed by atoms with van der Waals surface area (Å²) in [7, 11) is 0. The van der Waals surface area contributed by atoms with Crippen LogP contribution in [0, 0.1) is 5.82 Å². The maximum Gasteiger partial charge on any atom is 0.291 e. The fourth-order valence-electron chi connectivity index (χ4n) is 2.95. The molecular formula is C21H10Cl2FN3O2S. The van der Waals surface area contributed by atoms with Crippen LogP contribution < -0.4 is 10.1 Å². The van der Waals surface area contributed by atoms with Gasteiger partial charge in [0.15, 0.2) is 5.82 Å². The van der Waals surface area contributed by atoms with Gasteiger partial charge in [-0.2, -0.15) is 9.50 Å². The van der Waals surface area contributed by atoms with Crippen molar-refractivity contribution in [2.24, 2.45) is 0 Å². The van der Waals surface area contributed by atoms with Gasteiger partial charge >= 0.3 is 0 Å². The van der Waals surface area contributed by atoms with E-state index < -0.39 is 0 Å². The molecule has 9 heteroatoms. The van der Waals surface area contributed by atoms with Gasteiger partial charge in [-0.3, -0.25) is 4.79 Å². The lowest BCUT2D eigenvalue weighted by molar-refractivity contribution is 0.571. The van der Waals surface area contributed by atoms with E-state index in [9.17, 15) is 9.18 Å². The van der Waals surface area contributed by atoms with Crippen LogP contribution in [0.15, 0.2) is 63.8 Å². The molecular weight excluding hydrogens is 448 g/mol. The maximum atomic E-state index is 13.1. The Bertz CT molecular complexity index is 1510. The van der Waals surface area contributed by atoms with Gasteiger partial charge < -0.3 is 4.42 Å². The molecule has 3 heterocycles. The Morgan fingerprint density at radius 2 is 1.87 bits per heavy atom. The maximum absolute atomic E-state index is 13.1. The third-order valence-electron chi connectivity index (χ3n) is 4.38. The molecule has 5 nitrogen and oxygen atoms in total. The number of benzene rings is 2. The Hall–Kier alpha value is -3.00. The van der Waals surface area contributed by atoms with E-state index >= 15 is 0 Å². The first-order valence-corrected chi connectivity index (χ1v) is 10.3. The van der Waals surface area contributed by atoms with Crippen molar-refractivity contribution in [3.05, 3.63) is 91.1 Å². The van der Waals surface area contributed by atoms with E-state index in [-0.39, 0.29) is 11.4 Å². The summed E-state index contributed by atoms with van der Waals surface area (Å²) in [6.45, 7) is 0. The summed E-state index contributed by atoms with van der Waals surface area (Å²) in [5, 5.41) is 5.20. The molecule has 0 N–H and O–H groups in total. The Balaban J connectivity index is 1.52. The van der Waals surface area contributed by atoms with Crippen molar-refractivity contribution >= 4 is 45.6 Å². The van der Waals surface area contributed by atoms with Crippen molar-refractivity contribution in [3.8, 4) is 22.7 Å². The second kappa shape index (κ2) is 7.36. The van der Waals surface area contributed by atoms with Crippen LogP contribution in [0.5, 0.6) is 0 Å². The van der Waals surface area contributed by atoms with Crippen molar-refractivity contribution in [2.75, 3.05) is 0 Å². The highest BCUT2D eigenvalue weighted by Gasteiger charge is 2.15. The Kier molecular flexibility index (Phi) is 4.66. The number of hydrogen-bond donors (Lipinski definition) is 0. The fraction of sp³-hybridized carbons (Fsp3) is 0. The molecule has 30 heavy (non-hydrogen) atoms. The molecule has 0 amide bonds. The van der Waals surface area contributed by atoms with Crippen LogP contribution in [0.1, 0.15) is 5.76 Å². The zero-order chi connectivity index (χ0) is 20.8. The molecule has 0 saturated carbocycles. The van der Waals surface area contributed by atoms with Gasteiger partial charge in [0.05, 0.1) is 5.02 Å². The third kappa shape index (κ3) is 3.41. The predicted octanol–water partition coefficient (Wildman–Crippen LogP) is 5.07. The summed E-state index contributed by atoms with van der Waals surface area (Å²) in [5.74, 6) is 1.11. The van der Waals surface area contributed by atoms with Crippen LogP contribution in [0.25, 0.3) is 33.7 Å². The summed E-state index contributed by atoms with van der Waals surface area (Å²) in [4.78, 5) is 17.6. The number of rotatable bonds is 3. The summed E-state index contributed by atoms with van der Waals surface area (Å²) < 4.78 is 20.5. The van der Waals surface area contributed by atoms with Crippen LogP contribution in [-0.2, 0) is 0 Å². The topological polar surface area (TPSA) is 60.4 Å². The average molecular weight is 458 g/mol. The fourth-order valence-corrected chi connectivity index (χ4v) is 4.33. The summed E-state index contributed by atoms with van der Waals surface area (Å²) in [5.41, 5.74) is 1.03. The first kappa shape index (κ1) is 19.0. The van der Waals surface area contributed by atoms with Gasteiger partial charge in [-0.05, 0) is 54.6 Å². The molecule has 5 aromatic rings.